The van der Waals surface area contributed by atoms with Gasteiger partial charge < -0.3 is 10.1 Å². The fraction of sp³-hybridized carbons (Fsp3) is 0.455. The molecule has 1 aliphatic heterocycles. The van der Waals surface area contributed by atoms with Gasteiger partial charge in [0.25, 0.3) is 0 Å². The van der Waals surface area contributed by atoms with Gasteiger partial charge in [0.2, 0.25) is 5.91 Å². The van der Waals surface area contributed by atoms with E-state index in [0.29, 0.717) is 6.42 Å². The third-order valence-electron chi connectivity index (χ3n) is 6.39. The summed E-state index contributed by atoms with van der Waals surface area (Å²) in [7, 11) is 0. The van der Waals surface area contributed by atoms with Crippen LogP contribution in [0.1, 0.15) is 39.5 Å². The highest BCUT2D eigenvalue weighted by Crippen LogP contribution is 2.58. The van der Waals surface area contributed by atoms with Crippen LogP contribution < -0.4 is 5.32 Å². The summed E-state index contributed by atoms with van der Waals surface area (Å²) in [5.74, 6) is -1.18. The first-order valence-electron chi connectivity index (χ1n) is 9.37. The van der Waals surface area contributed by atoms with Gasteiger partial charge in [-0.1, -0.05) is 35.9 Å². The van der Waals surface area contributed by atoms with Crippen LogP contribution in [0.25, 0.3) is 0 Å². The van der Waals surface area contributed by atoms with Crippen molar-refractivity contribution < 1.29 is 14.3 Å². The summed E-state index contributed by atoms with van der Waals surface area (Å²) in [5.41, 5.74) is 3.59. The number of esters is 1. The number of rotatable bonds is 3. The number of anilines is 1. The summed E-state index contributed by atoms with van der Waals surface area (Å²) in [6, 6.07) is 9.40. The number of allylic oxidation sites excluding steroid dienone is 1. The van der Waals surface area contributed by atoms with Crippen molar-refractivity contribution in [2.45, 2.75) is 45.1 Å². The van der Waals surface area contributed by atoms with Crippen molar-refractivity contribution in [2.75, 3.05) is 5.32 Å². The van der Waals surface area contributed by atoms with E-state index in [1.165, 1.54) is 11.1 Å². The molecule has 1 aromatic carbocycles. The Morgan fingerprint density at radius 2 is 2.04 bits per heavy atom. The molecule has 2 aliphatic carbocycles. The van der Waals surface area contributed by atoms with E-state index in [4.69, 9.17) is 4.74 Å². The van der Waals surface area contributed by atoms with Gasteiger partial charge in [-0.15, -0.1) is 0 Å². The Kier molecular flexibility index (Phi) is 4.02. The largest absolute Gasteiger partial charge is 0.454 e. The number of carbonyl (C=O) groups excluding carboxylic acids is 2. The van der Waals surface area contributed by atoms with Crippen LogP contribution in [0.15, 0.2) is 53.6 Å². The van der Waals surface area contributed by atoms with E-state index in [1.807, 2.05) is 37.3 Å². The monoisotopic (exact) mass is 351 g/mol. The molecule has 1 saturated carbocycles. The molecule has 136 valence electrons. The molecule has 3 aliphatic rings. The molecule has 4 rings (SSSR count). The predicted molar refractivity (Wildman–Crippen MR) is 100 cm³/mol. The van der Waals surface area contributed by atoms with Crippen LogP contribution >= 0.6 is 0 Å². The van der Waals surface area contributed by atoms with E-state index in [0.717, 1.165) is 30.5 Å². The molecule has 1 N–H and O–H groups in total. The quantitative estimate of drug-likeness (QED) is 0.654. The molecule has 1 saturated heterocycles. The third-order valence-corrected chi connectivity index (χ3v) is 6.39. The summed E-state index contributed by atoms with van der Waals surface area (Å²) in [6.45, 7) is 8.19. The molecule has 0 aromatic heterocycles. The Hall–Kier alpha value is -2.36. The molecule has 0 radical (unpaired) electrons. The maximum atomic E-state index is 13.0. The van der Waals surface area contributed by atoms with Gasteiger partial charge in [-0.05, 0) is 57.2 Å². The van der Waals surface area contributed by atoms with E-state index in [-0.39, 0.29) is 17.8 Å². The number of hydrogen-bond donors (Lipinski definition) is 1. The SMILES string of the molecule is C=C(C)[C@@]12CCCC3=C(C)C[C@@H](C(=O)Nc4ccccc4)[C@@H](C(=O)O1)[C@H]32. The maximum Gasteiger partial charge on any atom is 0.311 e. The van der Waals surface area contributed by atoms with Crippen molar-refractivity contribution in [3.8, 4) is 0 Å². The van der Waals surface area contributed by atoms with Crippen molar-refractivity contribution in [2.24, 2.45) is 17.8 Å². The fourth-order valence-corrected chi connectivity index (χ4v) is 5.18. The standard InChI is InChI=1S/C22H25NO3/c1-13(2)22-11-7-10-16-14(3)12-17(18(19(16)22)21(25)26-22)20(24)23-15-8-5-4-6-9-15/h4-6,8-9,17-19H,1,7,10-12H2,2-3H3,(H,23,24)/t17-,18-,19+,22-/m1/s1. The average Bonchev–Trinajstić information content (AvgIpc) is 2.93. The molecular weight excluding hydrogens is 326 g/mol. The topological polar surface area (TPSA) is 55.4 Å². The lowest BCUT2D eigenvalue weighted by Gasteiger charge is -2.44. The highest BCUT2D eigenvalue weighted by Gasteiger charge is 2.63. The number of amides is 1. The summed E-state index contributed by atoms with van der Waals surface area (Å²) in [6.07, 6.45) is 3.41. The van der Waals surface area contributed by atoms with Crippen LogP contribution in [0.3, 0.4) is 0 Å². The zero-order chi connectivity index (χ0) is 18.5. The lowest BCUT2D eigenvalue weighted by atomic mass is 9.58. The van der Waals surface area contributed by atoms with E-state index >= 15 is 0 Å². The van der Waals surface area contributed by atoms with Crippen molar-refractivity contribution in [1.82, 2.24) is 0 Å². The molecule has 1 aromatic rings. The second-order valence-electron chi connectivity index (χ2n) is 7.92. The molecular formula is C22H25NO3. The van der Waals surface area contributed by atoms with Gasteiger partial charge in [0.1, 0.15) is 5.60 Å². The molecule has 0 bridgehead atoms. The summed E-state index contributed by atoms with van der Waals surface area (Å²) in [5, 5.41) is 2.98. The lowest BCUT2D eigenvalue weighted by molar-refractivity contribution is -0.151. The average molecular weight is 351 g/mol. The van der Waals surface area contributed by atoms with Gasteiger partial charge in [-0.2, -0.15) is 0 Å². The third kappa shape index (κ3) is 2.43. The van der Waals surface area contributed by atoms with Crippen LogP contribution in [0.4, 0.5) is 5.69 Å². The molecule has 0 unspecified atom stereocenters. The van der Waals surface area contributed by atoms with Crippen LogP contribution in [0.5, 0.6) is 0 Å². The molecule has 4 heteroatoms. The highest BCUT2D eigenvalue weighted by molar-refractivity contribution is 5.96. The molecule has 1 heterocycles. The fourth-order valence-electron chi connectivity index (χ4n) is 5.18. The molecule has 1 amide bonds. The molecule has 26 heavy (non-hydrogen) atoms. The number of para-hydroxylation sites is 1. The Balaban J connectivity index is 1.71. The van der Waals surface area contributed by atoms with Crippen LogP contribution in [-0.2, 0) is 14.3 Å². The van der Waals surface area contributed by atoms with E-state index < -0.39 is 17.4 Å². The van der Waals surface area contributed by atoms with Crippen LogP contribution in [0.2, 0.25) is 0 Å². The number of carbonyl (C=O) groups is 2. The van der Waals surface area contributed by atoms with Crippen molar-refractivity contribution >= 4 is 17.6 Å². The minimum absolute atomic E-state index is 0.0403. The summed E-state index contributed by atoms with van der Waals surface area (Å²) in [4.78, 5) is 25.9. The smallest absolute Gasteiger partial charge is 0.311 e. The first-order chi connectivity index (χ1) is 12.4. The minimum atomic E-state index is -0.623. The van der Waals surface area contributed by atoms with Gasteiger partial charge in [-0.3, -0.25) is 9.59 Å². The van der Waals surface area contributed by atoms with E-state index in [2.05, 4.69) is 18.8 Å². The van der Waals surface area contributed by atoms with Crippen LogP contribution in [0, 0.1) is 17.8 Å². The molecule has 4 nitrogen and oxygen atoms in total. The lowest BCUT2D eigenvalue weighted by Crippen LogP contribution is -2.47. The molecule has 2 fully saturated rings. The van der Waals surface area contributed by atoms with Gasteiger partial charge in [-0.25, -0.2) is 0 Å². The van der Waals surface area contributed by atoms with Gasteiger partial charge in [0, 0.05) is 11.6 Å². The van der Waals surface area contributed by atoms with Gasteiger partial charge in [0.05, 0.1) is 11.8 Å². The molecule has 0 spiro atoms. The van der Waals surface area contributed by atoms with Gasteiger partial charge >= 0.3 is 5.97 Å². The van der Waals surface area contributed by atoms with Crippen molar-refractivity contribution in [3.63, 3.8) is 0 Å². The Labute approximate surface area is 154 Å². The first kappa shape index (κ1) is 17.1. The summed E-state index contributed by atoms with van der Waals surface area (Å²) >= 11 is 0. The van der Waals surface area contributed by atoms with Crippen LogP contribution in [-0.4, -0.2) is 17.5 Å². The van der Waals surface area contributed by atoms with Gasteiger partial charge in [0.15, 0.2) is 0 Å². The zero-order valence-corrected chi connectivity index (χ0v) is 15.4. The number of nitrogens with one attached hydrogen (secondary N) is 1. The highest BCUT2D eigenvalue weighted by atomic mass is 16.6. The second-order valence-corrected chi connectivity index (χ2v) is 7.92. The zero-order valence-electron chi connectivity index (χ0n) is 15.4. The van der Waals surface area contributed by atoms with E-state index in [1.54, 1.807) is 0 Å². The minimum Gasteiger partial charge on any atom is -0.454 e. The Bertz CT molecular complexity index is 810. The van der Waals surface area contributed by atoms with E-state index in [9.17, 15) is 9.59 Å². The van der Waals surface area contributed by atoms with Crippen molar-refractivity contribution in [1.29, 1.82) is 0 Å². The number of ether oxygens (including phenoxy) is 1. The first-order valence-corrected chi connectivity index (χ1v) is 9.37. The maximum absolute atomic E-state index is 13.0. The number of benzene rings is 1. The summed E-state index contributed by atoms with van der Waals surface area (Å²) < 4.78 is 5.95. The second kappa shape index (κ2) is 6.11. The normalized spacial score (nSPS) is 32.7. The Morgan fingerprint density at radius 1 is 1.31 bits per heavy atom. The predicted octanol–water partition coefficient (Wildman–Crippen LogP) is 4.25. The molecule has 4 atom stereocenters. The van der Waals surface area contributed by atoms with Crippen molar-refractivity contribution in [3.05, 3.63) is 53.6 Å². The number of hydrogen-bond acceptors (Lipinski definition) is 3. The Morgan fingerprint density at radius 3 is 2.73 bits per heavy atom.